The van der Waals surface area contributed by atoms with Crippen molar-refractivity contribution in [2.24, 2.45) is 5.84 Å². The second-order valence-corrected chi connectivity index (χ2v) is 5.04. The Morgan fingerprint density at radius 2 is 2.18 bits per heavy atom. The van der Waals surface area contributed by atoms with Crippen molar-refractivity contribution >= 4 is 15.9 Å². The van der Waals surface area contributed by atoms with Crippen LogP contribution in [0.2, 0.25) is 0 Å². The first-order valence-electron chi connectivity index (χ1n) is 5.54. The van der Waals surface area contributed by atoms with E-state index in [4.69, 9.17) is 10.6 Å². The Morgan fingerprint density at radius 3 is 2.76 bits per heavy atom. The molecule has 0 aliphatic heterocycles. The summed E-state index contributed by atoms with van der Waals surface area (Å²) >= 11 is 3.39. The summed E-state index contributed by atoms with van der Waals surface area (Å²) in [5, 5.41) is 0. The van der Waals surface area contributed by atoms with Gasteiger partial charge in [-0.25, -0.2) is 4.39 Å². The Balaban J connectivity index is 2.63. The molecule has 1 rings (SSSR count). The summed E-state index contributed by atoms with van der Waals surface area (Å²) in [7, 11) is 0. The molecule has 0 amide bonds. The van der Waals surface area contributed by atoms with Crippen molar-refractivity contribution in [3.05, 3.63) is 34.1 Å². The number of nitrogens with one attached hydrogen (secondary N) is 1. The molecule has 0 saturated heterocycles. The third-order valence-electron chi connectivity index (χ3n) is 2.34. The van der Waals surface area contributed by atoms with E-state index in [1.807, 2.05) is 13.8 Å². The van der Waals surface area contributed by atoms with Gasteiger partial charge in [-0.15, -0.1) is 0 Å². The largest absolute Gasteiger partial charge is 0.377 e. The number of nitrogens with two attached hydrogens (primary N) is 1. The molecule has 0 aliphatic carbocycles. The number of halogens is 2. The van der Waals surface area contributed by atoms with E-state index >= 15 is 0 Å². The smallest absolute Gasteiger partial charge is 0.123 e. The highest BCUT2D eigenvalue weighted by atomic mass is 79.9. The van der Waals surface area contributed by atoms with Gasteiger partial charge in [0.25, 0.3) is 0 Å². The van der Waals surface area contributed by atoms with E-state index in [1.165, 1.54) is 12.1 Å². The lowest BCUT2D eigenvalue weighted by molar-refractivity contribution is 0.0613. The first-order valence-corrected chi connectivity index (χ1v) is 6.34. The second-order valence-electron chi connectivity index (χ2n) is 4.19. The van der Waals surface area contributed by atoms with E-state index in [0.29, 0.717) is 13.0 Å². The van der Waals surface area contributed by atoms with E-state index in [2.05, 4.69) is 21.4 Å². The third kappa shape index (κ3) is 5.12. The number of hydrogen-bond donors (Lipinski definition) is 2. The van der Waals surface area contributed by atoms with Crippen molar-refractivity contribution in [2.45, 2.75) is 32.4 Å². The maximum absolute atomic E-state index is 13.1. The monoisotopic (exact) mass is 304 g/mol. The molecule has 1 atom stereocenters. The molecule has 1 unspecified atom stereocenters. The molecular weight excluding hydrogens is 287 g/mol. The van der Waals surface area contributed by atoms with Crippen LogP contribution in [0.3, 0.4) is 0 Å². The van der Waals surface area contributed by atoms with Gasteiger partial charge >= 0.3 is 0 Å². The van der Waals surface area contributed by atoms with Crippen LogP contribution in [0.1, 0.15) is 19.4 Å². The molecule has 17 heavy (non-hydrogen) atoms. The third-order valence-corrected chi connectivity index (χ3v) is 3.11. The average molecular weight is 305 g/mol. The molecule has 3 nitrogen and oxygen atoms in total. The van der Waals surface area contributed by atoms with Crippen molar-refractivity contribution in [1.82, 2.24) is 5.43 Å². The molecule has 1 aromatic carbocycles. The van der Waals surface area contributed by atoms with Crippen LogP contribution in [0.5, 0.6) is 0 Å². The minimum atomic E-state index is -0.247. The summed E-state index contributed by atoms with van der Waals surface area (Å²) in [4.78, 5) is 0. The fourth-order valence-corrected chi connectivity index (χ4v) is 1.85. The Bertz CT molecular complexity index is 360. The number of hydrazine groups is 1. The Labute approximate surface area is 110 Å². The van der Waals surface area contributed by atoms with Crippen LogP contribution in [-0.2, 0) is 11.2 Å². The molecule has 96 valence electrons. The Hall–Kier alpha value is -0.490. The molecule has 0 fully saturated rings. The van der Waals surface area contributed by atoms with E-state index in [9.17, 15) is 4.39 Å². The quantitative estimate of drug-likeness (QED) is 0.627. The van der Waals surface area contributed by atoms with Crippen molar-refractivity contribution in [3.8, 4) is 0 Å². The van der Waals surface area contributed by atoms with Gasteiger partial charge in [-0.1, -0.05) is 15.9 Å². The molecule has 0 aliphatic rings. The molecule has 0 aromatic heterocycles. The molecule has 1 aromatic rings. The van der Waals surface area contributed by atoms with Crippen molar-refractivity contribution < 1.29 is 9.13 Å². The van der Waals surface area contributed by atoms with Crippen LogP contribution in [0, 0.1) is 5.82 Å². The lowest BCUT2D eigenvalue weighted by Gasteiger charge is -2.18. The first kappa shape index (κ1) is 14.6. The van der Waals surface area contributed by atoms with E-state index in [-0.39, 0.29) is 18.0 Å². The van der Waals surface area contributed by atoms with Gasteiger partial charge in [-0.3, -0.25) is 11.3 Å². The average Bonchev–Trinajstić information content (AvgIpc) is 2.28. The van der Waals surface area contributed by atoms with Crippen LogP contribution in [0.15, 0.2) is 22.7 Å². The summed E-state index contributed by atoms with van der Waals surface area (Å²) in [6, 6.07) is 4.59. The lowest BCUT2D eigenvalue weighted by Crippen LogP contribution is -2.41. The van der Waals surface area contributed by atoms with Gasteiger partial charge in [0.2, 0.25) is 0 Å². The van der Waals surface area contributed by atoms with Gasteiger partial charge in [-0.05, 0) is 44.0 Å². The minimum Gasteiger partial charge on any atom is -0.377 e. The molecule has 0 radical (unpaired) electrons. The zero-order chi connectivity index (χ0) is 12.8. The van der Waals surface area contributed by atoms with E-state index < -0.39 is 0 Å². The Kier molecular flexibility index (Phi) is 6.05. The predicted molar refractivity (Wildman–Crippen MR) is 70.0 cm³/mol. The molecule has 5 heteroatoms. The van der Waals surface area contributed by atoms with Crippen LogP contribution in [0.4, 0.5) is 4.39 Å². The van der Waals surface area contributed by atoms with E-state index in [1.54, 1.807) is 6.07 Å². The molecule has 0 heterocycles. The number of hydrogen-bond acceptors (Lipinski definition) is 3. The normalized spacial score (nSPS) is 13.1. The summed E-state index contributed by atoms with van der Waals surface area (Å²) in [5.41, 5.74) is 3.56. The molecule has 0 saturated carbocycles. The SMILES string of the molecule is CC(C)OCC(Cc1cc(F)ccc1Br)NN. The first-order chi connectivity index (χ1) is 8.02. The summed E-state index contributed by atoms with van der Waals surface area (Å²) < 4.78 is 19.5. The summed E-state index contributed by atoms with van der Waals surface area (Å²) in [5.74, 6) is 5.21. The van der Waals surface area contributed by atoms with Gasteiger partial charge in [0, 0.05) is 10.5 Å². The summed E-state index contributed by atoms with van der Waals surface area (Å²) in [6.45, 7) is 4.43. The fraction of sp³-hybridized carbons (Fsp3) is 0.500. The van der Waals surface area contributed by atoms with Crippen LogP contribution in [0.25, 0.3) is 0 Å². The zero-order valence-electron chi connectivity index (χ0n) is 10.0. The van der Waals surface area contributed by atoms with Gasteiger partial charge in [0.1, 0.15) is 5.82 Å². The predicted octanol–water partition coefficient (Wildman–Crippen LogP) is 2.39. The molecule has 0 spiro atoms. The zero-order valence-corrected chi connectivity index (χ0v) is 11.6. The fourth-order valence-electron chi connectivity index (χ4n) is 1.44. The highest BCUT2D eigenvalue weighted by molar-refractivity contribution is 9.10. The van der Waals surface area contributed by atoms with Crippen molar-refractivity contribution in [2.75, 3.05) is 6.61 Å². The highest BCUT2D eigenvalue weighted by Crippen LogP contribution is 2.19. The lowest BCUT2D eigenvalue weighted by atomic mass is 10.1. The molecule has 0 bridgehead atoms. The molecule has 3 N–H and O–H groups in total. The number of benzene rings is 1. The maximum Gasteiger partial charge on any atom is 0.123 e. The minimum absolute atomic E-state index is 0.0319. The van der Waals surface area contributed by atoms with Gasteiger partial charge in [-0.2, -0.15) is 0 Å². The maximum atomic E-state index is 13.1. The van der Waals surface area contributed by atoms with Crippen molar-refractivity contribution in [3.63, 3.8) is 0 Å². The van der Waals surface area contributed by atoms with Gasteiger partial charge < -0.3 is 4.74 Å². The Morgan fingerprint density at radius 1 is 1.47 bits per heavy atom. The van der Waals surface area contributed by atoms with Crippen LogP contribution >= 0.6 is 15.9 Å². The number of ether oxygens (including phenoxy) is 1. The topological polar surface area (TPSA) is 47.3 Å². The van der Waals surface area contributed by atoms with Crippen LogP contribution < -0.4 is 11.3 Å². The summed E-state index contributed by atoms with van der Waals surface area (Å²) in [6.07, 6.45) is 0.767. The van der Waals surface area contributed by atoms with E-state index in [0.717, 1.165) is 10.0 Å². The number of rotatable bonds is 6. The standard InChI is InChI=1S/C12H18BrFN2O/c1-8(2)17-7-11(16-15)6-9-5-10(14)3-4-12(9)13/h3-5,8,11,16H,6-7,15H2,1-2H3. The van der Waals surface area contributed by atoms with Gasteiger partial charge in [0.05, 0.1) is 12.7 Å². The highest BCUT2D eigenvalue weighted by Gasteiger charge is 2.11. The van der Waals surface area contributed by atoms with Gasteiger partial charge in [0.15, 0.2) is 0 Å². The second kappa shape index (κ2) is 7.06. The molecular formula is C12H18BrFN2O. The van der Waals surface area contributed by atoms with Crippen LogP contribution in [-0.4, -0.2) is 18.8 Å². The van der Waals surface area contributed by atoms with Crippen molar-refractivity contribution in [1.29, 1.82) is 0 Å².